The molecule has 5 atom stereocenters. The summed E-state index contributed by atoms with van der Waals surface area (Å²) in [6.45, 7) is 1.57. The van der Waals surface area contributed by atoms with E-state index in [2.05, 4.69) is 0 Å². The summed E-state index contributed by atoms with van der Waals surface area (Å²) in [5.41, 5.74) is 1.89. The van der Waals surface area contributed by atoms with Crippen molar-refractivity contribution >= 4 is 21.6 Å². The van der Waals surface area contributed by atoms with E-state index in [1.807, 2.05) is 13.0 Å². The normalized spacial score (nSPS) is 24.7. The third kappa shape index (κ3) is 8.64. The number of rotatable bonds is 14. The molecule has 1 saturated carbocycles. The Bertz CT molecular complexity index is 988. The van der Waals surface area contributed by atoms with Crippen molar-refractivity contribution in [1.29, 1.82) is 0 Å². The van der Waals surface area contributed by atoms with Crippen molar-refractivity contribution < 1.29 is 52.4 Å². The zero-order valence-corrected chi connectivity index (χ0v) is 22.1. The monoisotopic (exact) mass is 550 g/mol. The first-order valence-corrected chi connectivity index (χ1v) is 15.4. The van der Waals surface area contributed by atoms with Crippen LogP contribution in [0.4, 0.5) is 0 Å². The molecule has 0 unspecified atom stereocenters. The van der Waals surface area contributed by atoms with Gasteiger partial charge < -0.3 is 29.4 Å². The van der Waals surface area contributed by atoms with E-state index in [1.165, 1.54) is 0 Å². The second-order valence-electron chi connectivity index (χ2n) is 9.73. The fourth-order valence-corrected chi connectivity index (χ4v) is 6.99. The number of carboxylic acid groups (broad SMARTS) is 1. The zero-order chi connectivity index (χ0) is 26.5. The quantitative estimate of drug-likeness (QED) is 0.168. The van der Waals surface area contributed by atoms with Crippen molar-refractivity contribution in [1.82, 2.24) is 0 Å². The highest BCUT2D eigenvalue weighted by molar-refractivity contribution is 7.46. The van der Waals surface area contributed by atoms with Crippen molar-refractivity contribution in [3.05, 3.63) is 29.3 Å². The largest absolute Gasteiger partial charge is 0.482 e. The minimum absolute atomic E-state index is 0.0369. The molecule has 2 aliphatic rings. The molecule has 0 spiro atoms. The van der Waals surface area contributed by atoms with Gasteiger partial charge in [0.25, 0.3) is 0 Å². The summed E-state index contributed by atoms with van der Waals surface area (Å²) in [5.74, 6) is -0.753. The van der Waals surface area contributed by atoms with Crippen molar-refractivity contribution in [3.8, 4) is 5.75 Å². The average molecular weight is 550 g/mol. The van der Waals surface area contributed by atoms with Crippen LogP contribution in [0.3, 0.4) is 0 Å². The van der Waals surface area contributed by atoms with Crippen LogP contribution in [0.2, 0.25) is 0 Å². The number of carbonyl (C=O) groups is 1. The smallest absolute Gasteiger partial charge is 0.469 e. The van der Waals surface area contributed by atoms with E-state index >= 15 is 0 Å². The molecule has 0 bridgehead atoms. The lowest BCUT2D eigenvalue weighted by molar-refractivity contribution is -0.139. The summed E-state index contributed by atoms with van der Waals surface area (Å²) in [5, 5.41) is 8.97. The molecule has 5 N–H and O–H groups in total. The second kappa shape index (κ2) is 12.5. The van der Waals surface area contributed by atoms with Crippen molar-refractivity contribution in [3.63, 3.8) is 0 Å². The van der Waals surface area contributed by atoms with Gasteiger partial charge in [-0.1, -0.05) is 38.3 Å². The minimum Gasteiger partial charge on any atom is -0.482 e. The number of carboxylic acids is 1. The van der Waals surface area contributed by atoms with Gasteiger partial charge in [0, 0.05) is 0 Å². The van der Waals surface area contributed by atoms with Gasteiger partial charge in [-0.25, -0.2) is 13.9 Å². The van der Waals surface area contributed by atoms with Crippen LogP contribution in [-0.2, 0) is 35.8 Å². The fraction of sp³-hybridized carbons (Fsp3) is 0.696. The Hall–Kier alpha value is -1.29. The zero-order valence-electron chi connectivity index (χ0n) is 20.3. The van der Waals surface area contributed by atoms with Gasteiger partial charge in [0.15, 0.2) is 6.61 Å². The molecule has 11 nitrogen and oxygen atoms in total. The highest BCUT2D eigenvalue weighted by atomic mass is 31.2. The summed E-state index contributed by atoms with van der Waals surface area (Å²) in [6.07, 6.45) is 4.06. The van der Waals surface area contributed by atoms with Crippen LogP contribution in [0.25, 0.3) is 0 Å². The Morgan fingerprint density at radius 2 is 1.83 bits per heavy atom. The van der Waals surface area contributed by atoms with Crippen LogP contribution >= 0.6 is 15.6 Å². The number of phosphoric acid groups is 2. The van der Waals surface area contributed by atoms with E-state index in [0.29, 0.717) is 44.3 Å². The molecule has 0 amide bonds. The summed E-state index contributed by atoms with van der Waals surface area (Å²) in [4.78, 5) is 48.7. The van der Waals surface area contributed by atoms with Crippen LogP contribution in [0, 0.1) is 17.8 Å². The Kier molecular flexibility index (Phi) is 10.2. The number of unbranched alkanes of at least 4 members (excludes halogenated alkanes) is 2. The molecule has 2 aliphatic carbocycles. The number of hydrogen-bond donors (Lipinski definition) is 5. The highest BCUT2D eigenvalue weighted by Gasteiger charge is 2.48. The number of hydrogen-bond acceptors (Lipinski definition) is 6. The number of aliphatic carboxylic acids is 1. The van der Waals surface area contributed by atoms with Crippen molar-refractivity contribution in [2.75, 3.05) is 6.61 Å². The van der Waals surface area contributed by atoms with Crippen LogP contribution in [-0.4, -0.2) is 49.5 Å². The van der Waals surface area contributed by atoms with Gasteiger partial charge in [-0.3, -0.25) is 9.05 Å². The number of fused-ring (bicyclic) bond motifs is 2. The van der Waals surface area contributed by atoms with E-state index < -0.39 is 40.4 Å². The maximum absolute atomic E-state index is 11.7. The minimum atomic E-state index is -4.76. The molecule has 0 heterocycles. The summed E-state index contributed by atoms with van der Waals surface area (Å²) in [6, 6.07) is 5.46. The molecule has 0 aromatic heterocycles. The summed E-state index contributed by atoms with van der Waals surface area (Å²) >= 11 is 0. The average Bonchev–Trinajstić information content (AvgIpc) is 3.07. The van der Waals surface area contributed by atoms with Gasteiger partial charge in [-0.2, -0.15) is 0 Å². The van der Waals surface area contributed by atoms with Gasteiger partial charge >= 0.3 is 21.6 Å². The molecule has 36 heavy (non-hydrogen) atoms. The highest BCUT2D eigenvalue weighted by Crippen LogP contribution is 2.53. The number of benzene rings is 1. The third-order valence-electron chi connectivity index (χ3n) is 7.18. The van der Waals surface area contributed by atoms with E-state index in [4.69, 9.17) is 18.9 Å². The molecule has 0 saturated heterocycles. The number of phosphoric ester groups is 2. The summed E-state index contributed by atoms with van der Waals surface area (Å²) in [7, 11) is -9.44. The molecule has 13 heteroatoms. The lowest BCUT2D eigenvalue weighted by Gasteiger charge is -2.33. The maximum atomic E-state index is 11.7. The molecular weight excluding hydrogens is 514 g/mol. The summed E-state index contributed by atoms with van der Waals surface area (Å²) < 4.78 is 39.0. The topological polar surface area (TPSA) is 180 Å². The molecule has 1 fully saturated rings. The predicted octanol–water partition coefficient (Wildman–Crippen LogP) is 3.82. The van der Waals surface area contributed by atoms with Gasteiger partial charge in [-0.05, 0) is 73.5 Å². The first kappa shape index (κ1) is 29.3. The molecular formula is C23H36O11P2. The first-order chi connectivity index (χ1) is 16.9. The third-order valence-corrected chi connectivity index (χ3v) is 8.30. The van der Waals surface area contributed by atoms with E-state index in [1.54, 1.807) is 12.1 Å². The Morgan fingerprint density at radius 1 is 1.08 bits per heavy atom. The Morgan fingerprint density at radius 3 is 2.47 bits per heavy atom. The molecule has 0 radical (unpaired) electrons. The van der Waals surface area contributed by atoms with Crippen LogP contribution in [0.15, 0.2) is 18.2 Å². The lowest BCUT2D eigenvalue weighted by atomic mass is 9.73. The molecule has 204 valence electrons. The fourth-order valence-electron chi connectivity index (χ4n) is 5.79. The van der Waals surface area contributed by atoms with Crippen LogP contribution in [0.5, 0.6) is 5.75 Å². The van der Waals surface area contributed by atoms with Gasteiger partial charge in [0.1, 0.15) is 5.75 Å². The molecule has 1 aromatic carbocycles. The van der Waals surface area contributed by atoms with E-state index in [0.717, 1.165) is 30.4 Å². The maximum Gasteiger partial charge on any atom is 0.469 e. The second-order valence-corrected chi connectivity index (χ2v) is 12.1. The van der Waals surface area contributed by atoms with Crippen molar-refractivity contribution in [2.24, 2.45) is 17.8 Å². The van der Waals surface area contributed by atoms with Crippen LogP contribution in [0.1, 0.15) is 63.0 Å². The molecule has 1 aromatic rings. The van der Waals surface area contributed by atoms with Gasteiger partial charge in [-0.15, -0.1) is 0 Å². The lowest BCUT2D eigenvalue weighted by Crippen LogP contribution is -2.29. The van der Waals surface area contributed by atoms with Crippen LogP contribution < -0.4 is 4.74 Å². The Labute approximate surface area is 210 Å². The SMILES string of the molecule is CCCCC[C@@H](CC[C@@H]1[C@H]2Cc3cccc(OCC(=O)O)c3C[C@H]2C[C@H]1OP(=O)(O)O)OP(=O)(O)O. The van der Waals surface area contributed by atoms with E-state index in [9.17, 15) is 33.5 Å². The molecule has 3 rings (SSSR count). The Balaban J connectivity index is 1.79. The van der Waals surface area contributed by atoms with E-state index in [-0.39, 0.29) is 17.8 Å². The molecule has 0 aliphatic heterocycles. The first-order valence-electron chi connectivity index (χ1n) is 12.3. The van der Waals surface area contributed by atoms with Crippen molar-refractivity contribution in [2.45, 2.75) is 76.9 Å². The van der Waals surface area contributed by atoms with Gasteiger partial charge in [0.05, 0.1) is 12.2 Å². The van der Waals surface area contributed by atoms with Gasteiger partial charge in [0.2, 0.25) is 0 Å². The number of ether oxygens (including phenoxy) is 1. The standard InChI is InChI=1S/C23H36O11P2/c1-2-3-4-7-17(33-35(26,27)28)9-10-18-19-11-15-6-5-8-21(32-14-23(24)25)20(15)12-16(19)13-22(18)34-36(29,30)31/h5-6,8,16-19,22H,2-4,7,9-14H2,1H3,(H,24,25)(H2,26,27,28)(H2,29,30,31)/t16-,17-,18+,19-,22+/m0/s1. The predicted molar refractivity (Wildman–Crippen MR) is 129 cm³/mol.